The highest BCUT2D eigenvalue weighted by atomic mass is 19.1. The molecule has 2 aromatic carbocycles. The highest BCUT2D eigenvalue weighted by Gasteiger charge is 2.11. The Hall–Kier alpha value is -3.35. The fraction of sp³-hybridized carbons (Fsp3) is 0.200. The standard InChI is InChI=1S/C20H21FN4O2/c1-12-16-10-13(11-24-18(26)8-9-23-20(22)27)2-7-17(16)25-19(12)14-3-5-15(21)6-4-14/h2-7,10,25H,8-9,11H2,1H3,(H,24,26)(H3,22,23,27). The van der Waals surface area contributed by atoms with E-state index in [2.05, 4.69) is 15.6 Å². The molecule has 0 saturated carbocycles. The second kappa shape index (κ2) is 7.90. The number of benzene rings is 2. The number of nitrogens with one attached hydrogen (secondary N) is 3. The molecule has 140 valence electrons. The Bertz CT molecular complexity index is 980. The molecule has 0 atom stereocenters. The van der Waals surface area contributed by atoms with Gasteiger partial charge in [-0.3, -0.25) is 4.79 Å². The molecule has 7 heteroatoms. The zero-order valence-electron chi connectivity index (χ0n) is 14.9. The first-order valence-electron chi connectivity index (χ1n) is 8.61. The number of amides is 3. The van der Waals surface area contributed by atoms with Crippen LogP contribution in [0.5, 0.6) is 0 Å². The number of nitrogens with two attached hydrogens (primary N) is 1. The summed E-state index contributed by atoms with van der Waals surface area (Å²) in [4.78, 5) is 25.8. The van der Waals surface area contributed by atoms with Gasteiger partial charge in [0, 0.05) is 36.1 Å². The van der Waals surface area contributed by atoms with Crippen LogP contribution >= 0.6 is 0 Å². The molecule has 1 heterocycles. The zero-order valence-corrected chi connectivity index (χ0v) is 14.9. The maximum Gasteiger partial charge on any atom is 0.312 e. The van der Waals surface area contributed by atoms with Crippen molar-refractivity contribution in [1.82, 2.24) is 15.6 Å². The first kappa shape index (κ1) is 18.4. The van der Waals surface area contributed by atoms with E-state index in [9.17, 15) is 14.0 Å². The van der Waals surface area contributed by atoms with Crippen LogP contribution in [-0.4, -0.2) is 23.5 Å². The van der Waals surface area contributed by atoms with Crippen LogP contribution in [0.1, 0.15) is 17.5 Å². The summed E-state index contributed by atoms with van der Waals surface area (Å²) in [5, 5.41) is 6.25. The summed E-state index contributed by atoms with van der Waals surface area (Å²) in [6.45, 7) is 2.61. The molecule has 0 bridgehead atoms. The van der Waals surface area contributed by atoms with Gasteiger partial charge in [-0.25, -0.2) is 9.18 Å². The molecule has 5 N–H and O–H groups in total. The topological polar surface area (TPSA) is 100 Å². The Kier molecular flexibility index (Phi) is 5.40. The van der Waals surface area contributed by atoms with E-state index in [-0.39, 0.29) is 24.7 Å². The summed E-state index contributed by atoms with van der Waals surface area (Å²) in [7, 11) is 0. The third kappa shape index (κ3) is 4.44. The molecule has 0 aliphatic carbocycles. The molecule has 3 amide bonds. The van der Waals surface area contributed by atoms with E-state index >= 15 is 0 Å². The van der Waals surface area contributed by atoms with Gasteiger partial charge in [0.05, 0.1) is 0 Å². The van der Waals surface area contributed by atoms with Crippen molar-refractivity contribution in [1.29, 1.82) is 0 Å². The van der Waals surface area contributed by atoms with Crippen molar-refractivity contribution in [3.8, 4) is 11.3 Å². The highest BCUT2D eigenvalue weighted by molar-refractivity contribution is 5.91. The molecule has 3 aromatic rings. The molecule has 0 aliphatic rings. The lowest BCUT2D eigenvalue weighted by Gasteiger charge is -2.06. The van der Waals surface area contributed by atoms with Gasteiger partial charge >= 0.3 is 6.03 Å². The van der Waals surface area contributed by atoms with Gasteiger partial charge in [-0.2, -0.15) is 0 Å². The van der Waals surface area contributed by atoms with Crippen molar-refractivity contribution >= 4 is 22.8 Å². The van der Waals surface area contributed by atoms with Crippen molar-refractivity contribution in [3.05, 3.63) is 59.4 Å². The number of halogens is 1. The van der Waals surface area contributed by atoms with E-state index in [4.69, 9.17) is 5.73 Å². The Balaban J connectivity index is 1.72. The Morgan fingerprint density at radius 1 is 1.11 bits per heavy atom. The molecule has 0 fully saturated rings. The lowest BCUT2D eigenvalue weighted by Crippen LogP contribution is -2.33. The SMILES string of the molecule is Cc1c(-c2ccc(F)cc2)[nH]c2ccc(CNC(=O)CCNC(N)=O)cc12. The van der Waals surface area contributed by atoms with E-state index < -0.39 is 6.03 Å². The molecule has 0 spiro atoms. The predicted octanol–water partition coefficient (Wildman–Crippen LogP) is 2.96. The third-order valence-electron chi connectivity index (χ3n) is 4.40. The van der Waals surface area contributed by atoms with Gasteiger partial charge in [0.15, 0.2) is 0 Å². The largest absolute Gasteiger partial charge is 0.354 e. The Labute approximate surface area is 155 Å². The van der Waals surface area contributed by atoms with E-state index in [1.807, 2.05) is 25.1 Å². The number of hydrogen-bond donors (Lipinski definition) is 4. The number of aryl methyl sites for hydroxylation is 1. The van der Waals surface area contributed by atoms with Gasteiger partial charge in [0.1, 0.15) is 5.82 Å². The fourth-order valence-corrected chi connectivity index (χ4v) is 2.98. The maximum absolute atomic E-state index is 13.2. The molecule has 0 radical (unpaired) electrons. The quantitative estimate of drug-likeness (QED) is 0.538. The minimum absolute atomic E-state index is 0.165. The van der Waals surface area contributed by atoms with Crippen LogP contribution in [0.3, 0.4) is 0 Å². The molecule has 0 saturated heterocycles. The Morgan fingerprint density at radius 2 is 1.85 bits per heavy atom. The number of rotatable bonds is 6. The molecule has 0 unspecified atom stereocenters. The molecule has 27 heavy (non-hydrogen) atoms. The van der Waals surface area contributed by atoms with Gasteiger partial charge < -0.3 is 21.4 Å². The van der Waals surface area contributed by atoms with Crippen LogP contribution < -0.4 is 16.4 Å². The van der Waals surface area contributed by atoms with Crippen LogP contribution in [0, 0.1) is 12.7 Å². The summed E-state index contributed by atoms with van der Waals surface area (Å²) in [6.07, 6.45) is 0.170. The van der Waals surface area contributed by atoms with Crippen LogP contribution in [0.25, 0.3) is 22.2 Å². The fourth-order valence-electron chi connectivity index (χ4n) is 2.98. The number of fused-ring (bicyclic) bond motifs is 1. The summed E-state index contributed by atoms with van der Waals surface area (Å²) in [5.41, 5.74) is 9.83. The Morgan fingerprint density at radius 3 is 2.56 bits per heavy atom. The number of aromatic amines is 1. The third-order valence-corrected chi connectivity index (χ3v) is 4.40. The molecular weight excluding hydrogens is 347 g/mol. The van der Waals surface area contributed by atoms with Crippen LogP contribution in [-0.2, 0) is 11.3 Å². The van der Waals surface area contributed by atoms with Crippen molar-refractivity contribution < 1.29 is 14.0 Å². The van der Waals surface area contributed by atoms with Crippen molar-refractivity contribution in [2.45, 2.75) is 19.9 Å². The van der Waals surface area contributed by atoms with Crippen LogP contribution in [0.15, 0.2) is 42.5 Å². The van der Waals surface area contributed by atoms with Gasteiger partial charge in [-0.1, -0.05) is 6.07 Å². The van der Waals surface area contributed by atoms with Crippen molar-refractivity contribution in [2.75, 3.05) is 6.54 Å². The number of carbonyl (C=O) groups is 2. The smallest absolute Gasteiger partial charge is 0.312 e. The van der Waals surface area contributed by atoms with Crippen molar-refractivity contribution in [2.24, 2.45) is 5.73 Å². The number of hydrogen-bond acceptors (Lipinski definition) is 2. The van der Waals surface area contributed by atoms with E-state index in [1.54, 1.807) is 12.1 Å². The minimum atomic E-state index is -0.645. The number of primary amides is 1. The zero-order chi connectivity index (χ0) is 19.4. The van der Waals surface area contributed by atoms with E-state index in [0.29, 0.717) is 6.54 Å². The van der Waals surface area contributed by atoms with Crippen LogP contribution in [0.2, 0.25) is 0 Å². The molecular formula is C20H21FN4O2. The molecule has 0 aliphatic heterocycles. The lowest BCUT2D eigenvalue weighted by molar-refractivity contribution is -0.121. The monoisotopic (exact) mass is 368 g/mol. The number of carbonyl (C=O) groups excluding carboxylic acids is 2. The first-order chi connectivity index (χ1) is 12.9. The van der Waals surface area contributed by atoms with Crippen molar-refractivity contribution in [3.63, 3.8) is 0 Å². The normalized spacial score (nSPS) is 10.7. The average molecular weight is 368 g/mol. The van der Waals surface area contributed by atoms with Gasteiger partial charge in [0.2, 0.25) is 5.91 Å². The second-order valence-electron chi connectivity index (χ2n) is 6.33. The van der Waals surface area contributed by atoms with Gasteiger partial charge in [0.25, 0.3) is 0 Å². The second-order valence-corrected chi connectivity index (χ2v) is 6.33. The molecule has 3 rings (SSSR count). The summed E-state index contributed by atoms with van der Waals surface area (Å²) in [5.74, 6) is -0.432. The predicted molar refractivity (Wildman–Crippen MR) is 102 cm³/mol. The lowest BCUT2D eigenvalue weighted by atomic mass is 10.0. The maximum atomic E-state index is 13.2. The average Bonchev–Trinajstić information content (AvgIpc) is 2.97. The number of aromatic nitrogens is 1. The summed E-state index contributed by atoms with van der Waals surface area (Å²) < 4.78 is 13.2. The molecule has 1 aromatic heterocycles. The van der Waals surface area contributed by atoms with Gasteiger partial charge in [-0.15, -0.1) is 0 Å². The summed E-state index contributed by atoms with van der Waals surface area (Å²) in [6, 6.07) is 11.6. The first-order valence-corrected chi connectivity index (χ1v) is 8.61. The number of H-pyrrole nitrogens is 1. The summed E-state index contributed by atoms with van der Waals surface area (Å²) >= 11 is 0. The van der Waals surface area contributed by atoms with E-state index in [1.165, 1.54) is 12.1 Å². The van der Waals surface area contributed by atoms with E-state index in [0.717, 1.165) is 33.3 Å². The molecule has 6 nitrogen and oxygen atoms in total. The highest BCUT2D eigenvalue weighted by Crippen LogP contribution is 2.30. The van der Waals surface area contributed by atoms with Crippen LogP contribution in [0.4, 0.5) is 9.18 Å². The van der Waals surface area contributed by atoms with Gasteiger partial charge in [-0.05, 0) is 60.0 Å². The minimum Gasteiger partial charge on any atom is -0.354 e. The number of urea groups is 1.